The third-order valence-corrected chi connectivity index (χ3v) is 7.60. The van der Waals surface area contributed by atoms with Crippen molar-refractivity contribution in [2.75, 3.05) is 13.2 Å². The number of benzene rings is 6. The van der Waals surface area contributed by atoms with E-state index in [4.69, 9.17) is 18.3 Å². The molecule has 0 atom stereocenters. The van der Waals surface area contributed by atoms with E-state index < -0.39 is 7.82 Å². The summed E-state index contributed by atoms with van der Waals surface area (Å²) in [6.45, 7) is 0.159. The van der Waals surface area contributed by atoms with Crippen LogP contribution in [0.1, 0.15) is 0 Å². The standard InChI is InChI=1S/C32H25O5P/c33-38(36-31-20-8-14-25-11-2-5-17-28(25)31,37-32-21-9-15-26-12-3-6-18-29(26)32)35-23-22-34-30-19-7-13-24-10-1-4-16-27(24)30/h1-21H,22-23H2. The van der Waals surface area contributed by atoms with E-state index in [0.717, 1.165) is 38.1 Å². The quantitative estimate of drug-likeness (QED) is 0.141. The van der Waals surface area contributed by atoms with Crippen molar-refractivity contribution in [1.82, 2.24) is 0 Å². The zero-order valence-corrected chi connectivity index (χ0v) is 21.4. The van der Waals surface area contributed by atoms with E-state index in [-0.39, 0.29) is 13.2 Å². The molecule has 38 heavy (non-hydrogen) atoms. The van der Waals surface area contributed by atoms with Crippen LogP contribution in [-0.2, 0) is 9.09 Å². The van der Waals surface area contributed by atoms with Gasteiger partial charge in [0.2, 0.25) is 0 Å². The van der Waals surface area contributed by atoms with Crippen molar-refractivity contribution in [3.8, 4) is 17.2 Å². The Morgan fingerprint density at radius 2 is 0.842 bits per heavy atom. The molecule has 0 aromatic heterocycles. The SMILES string of the molecule is O=P(OCCOc1cccc2ccccc12)(Oc1cccc2ccccc12)Oc1cccc2ccccc12. The van der Waals surface area contributed by atoms with Crippen molar-refractivity contribution < 1.29 is 22.9 Å². The average Bonchev–Trinajstić information content (AvgIpc) is 2.96. The molecule has 0 saturated heterocycles. The lowest BCUT2D eigenvalue weighted by Crippen LogP contribution is -2.11. The van der Waals surface area contributed by atoms with Crippen LogP contribution in [0, 0.1) is 0 Å². The van der Waals surface area contributed by atoms with E-state index in [1.54, 1.807) is 12.1 Å². The summed E-state index contributed by atoms with van der Waals surface area (Å²) in [6.07, 6.45) is 0. The largest absolute Gasteiger partial charge is 0.587 e. The smallest absolute Gasteiger partial charge is 0.491 e. The summed E-state index contributed by atoms with van der Waals surface area (Å²) in [7, 11) is -4.12. The number of phosphoric ester groups is 1. The van der Waals surface area contributed by atoms with Gasteiger partial charge in [0.25, 0.3) is 0 Å². The second-order valence-electron chi connectivity index (χ2n) is 8.74. The maximum absolute atomic E-state index is 14.1. The summed E-state index contributed by atoms with van der Waals surface area (Å²) in [5.41, 5.74) is 0. The molecular weight excluding hydrogens is 495 g/mol. The Morgan fingerprint density at radius 1 is 0.447 bits per heavy atom. The van der Waals surface area contributed by atoms with Crippen molar-refractivity contribution in [1.29, 1.82) is 0 Å². The van der Waals surface area contributed by atoms with Gasteiger partial charge < -0.3 is 13.8 Å². The Balaban J connectivity index is 1.27. The number of ether oxygens (including phenoxy) is 1. The van der Waals surface area contributed by atoms with Gasteiger partial charge in [0.15, 0.2) is 0 Å². The molecule has 0 amide bonds. The summed E-state index contributed by atoms with van der Waals surface area (Å²) < 4.78 is 38.1. The van der Waals surface area contributed by atoms with Crippen LogP contribution in [0.4, 0.5) is 0 Å². The molecule has 0 unspecified atom stereocenters. The molecule has 6 aromatic rings. The molecule has 6 heteroatoms. The van der Waals surface area contributed by atoms with Crippen molar-refractivity contribution in [2.45, 2.75) is 0 Å². The van der Waals surface area contributed by atoms with Gasteiger partial charge in [-0.3, -0.25) is 4.52 Å². The van der Waals surface area contributed by atoms with Crippen LogP contribution in [0.2, 0.25) is 0 Å². The first kappa shape index (κ1) is 24.1. The Hall–Kier alpha value is -4.31. The van der Waals surface area contributed by atoms with Gasteiger partial charge in [-0.05, 0) is 34.4 Å². The zero-order valence-electron chi connectivity index (χ0n) is 20.5. The summed E-state index contributed by atoms with van der Waals surface area (Å²) in [5, 5.41) is 5.62. The minimum Gasteiger partial charge on any atom is -0.491 e. The average molecular weight is 521 g/mol. The van der Waals surface area contributed by atoms with Crippen LogP contribution in [-0.4, -0.2) is 13.2 Å². The van der Waals surface area contributed by atoms with Gasteiger partial charge in [-0.15, -0.1) is 0 Å². The molecular formula is C32H25O5P. The van der Waals surface area contributed by atoms with E-state index in [1.165, 1.54) is 0 Å². The molecule has 6 aromatic carbocycles. The number of fused-ring (bicyclic) bond motifs is 3. The number of hydrogen-bond donors (Lipinski definition) is 0. The highest BCUT2D eigenvalue weighted by Gasteiger charge is 2.32. The van der Waals surface area contributed by atoms with Crippen LogP contribution in [0.5, 0.6) is 17.2 Å². The number of phosphoric acid groups is 1. The fourth-order valence-electron chi connectivity index (χ4n) is 4.49. The molecule has 0 bridgehead atoms. The topological polar surface area (TPSA) is 54.0 Å². The molecule has 0 aliphatic carbocycles. The lowest BCUT2D eigenvalue weighted by molar-refractivity contribution is 0.170. The maximum atomic E-state index is 14.1. The second-order valence-corrected chi connectivity index (χ2v) is 10.3. The third-order valence-electron chi connectivity index (χ3n) is 6.26. The van der Waals surface area contributed by atoms with Crippen LogP contribution in [0.15, 0.2) is 127 Å². The van der Waals surface area contributed by atoms with Crippen LogP contribution < -0.4 is 13.8 Å². The molecule has 0 saturated carbocycles. The predicted octanol–water partition coefficient (Wildman–Crippen LogP) is 8.81. The Morgan fingerprint density at radius 3 is 1.34 bits per heavy atom. The molecule has 188 valence electrons. The summed E-state index contributed by atoms with van der Waals surface area (Å²) >= 11 is 0. The van der Waals surface area contributed by atoms with E-state index in [2.05, 4.69) is 0 Å². The summed E-state index contributed by atoms with van der Waals surface area (Å²) in [6, 6.07) is 40.5. The Kier molecular flexibility index (Phi) is 6.70. The fourth-order valence-corrected chi connectivity index (χ4v) is 5.73. The zero-order chi connectivity index (χ0) is 25.8. The summed E-state index contributed by atoms with van der Waals surface area (Å²) in [5.74, 6) is 1.56. The van der Waals surface area contributed by atoms with Gasteiger partial charge in [-0.2, -0.15) is 0 Å². The van der Waals surface area contributed by atoms with Crippen molar-refractivity contribution in [3.05, 3.63) is 127 Å². The molecule has 0 N–H and O–H groups in total. The first-order valence-electron chi connectivity index (χ1n) is 12.4. The van der Waals surface area contributed by atoms with Gasteiger partial charge in [0, 0.05) is 16.2 Å². The third kappa shape index (κ3) is 5.08. The first-order chi connectivity index (χ1) is 18.7. The van der Waals surface area contributed by atoms with Gasteiger partial charge in [0.05, 0.1) is 6.61 Å². The van der Waals surface area contributed by atoms with Gasteiger partial charge in [0.1, 0.15) is 23.9 Å². The lowest BCUT2D eigenvalue weighted by atomic mass is 10.1. The number of hydrogen-bond acceptors (Lipinski definition) is 5. The maximum Gasteiger partial charge on any atom is 0.587 e. The first-order valence-corrected chi connectivity index (χ1v) is 13.8. The van der Waals surface area contributed by atoms with Gasteiger partial charge in [-0.1, -0.05) is 109 Å². The van der Waals surface area contributed by atoms with Gasteiger partial charge in [-0.25, -0.2) is 4.57 Å². The molecule has 0 fully saturated rings. The fraction of sp³-hybridized carbons (Fsp3) is 0.0625. The molecule has 0 spiro atoms. The molecule has 0 aliphatic rings. The molecule has 6 rings (SSSR count). The minimum absolute atomic E-state index is 0.00394. The molecule has 0 radical (unpaired) electrons. The molecule has 0 heterocycles. The second kappa shape index (κ2) is 10.6. The molecule has 0 aliphatic heterocycles. The summed E-state index contributed by atoms with van der Waals surface area (Å²) in [4.78, 5) is 0. The van der Waals surface area contributed by atoms with E-state index in [9.17, 15) is 4.57 Å². The monoisotopic (exact) mass is 520 g/mol. The van der Waals surface area contributed by atoms with E-state index in [1.807, 2.05) is 115 Å². The van der Waals surface area contributed by atoms with Crippen molar-refractivity contribution in [3.63, 3.8) is 0 Å². The van der Waals surface area contributed by atoms with Crippen molar-refractivity contribution >= 4 is 40.1 Å². The van der Waals surface area contributed by atoms with E-state index in [0.29, 0.717) is 11.5 Å². The van der Waals surface area contributed by atoms with E-state index >= 15 is 0 Å². The highest BCUT2D eigenvalue weighted by Crippen LogP contribution is 2.52. The highest BCUT2D eigenvalue weighted by molar-refractivity contribution is 7.49. The Labute approximate surface area is 220 Å². The van der Waals surface area contributed by atoms with Crippen LogP contribution >= 0.6 is 7.82 Å². The van der Waals surface area contributed by atoms with Crippen LogP contribution in [0.3, 0.4) is 0 Å². The normalized spacial score (nSPS) is 11.6. The Bertz CT molecular complexity index is 1680. The highest BCUT2D eigenvalue weighted by atomic mass is 31.2. The molecule has 5 nitrogen and oxygen atoms in total. The van der Waals surface area contributed by atoms with Crippen LogP contribution in [0.25, 0.3) is 32.3 Å². The number of rotatable bonds is 9. The van der Waals surface area contributed by atoms with Gasteiger partial charge >= 0.3 is 7.82 Å². The predicted molar refractivity (Wildman–Crippen MR) is 152 cm³/mol. The lowest BCUT2D eigenvalue weighted by Gasteiger charge is -2.21. The van der Waals surface area contributed by atoms with Crippen molar-refractivity contribution in [2.24, 2.45) is 0 Å². The minimum atomic E-state index is -4.12.